The van der Waals surface area contributed by atoms with E-state index in [0.717, 1.165) is 4.90 Å². The number of hydrogen-bond donors (Lipinski definition) is 1. The molecule has 3 aliphatic heterocycles. The largest absolute Gasteiger partial charge is 0.357 e. The number of carbonyl (C=O) groups excluding carboxylic acids is 4. The fourth-order valence-corrected chi connectivity index (χ4v) is 5.01. The molecule has 1 saturated heterocycles. The molecule has 3 aliphatic rings. The number of amides is 4. The van der Waals surface area contributed by atoms with Crippen LogP contribution in [0, 0.1) is 5.82 Å². The summed E-state index contributed by atoms with van der Waals surface area (Å²) in [6.45, 7) is 0.456. The molecule has 4 amide bonds. The van der Waals surface area contributed by atoms with Gasteiger partial charge in [0.25, 0.3) is 11.8 Å². The molecule has 0 radical (unpaired) electrons. The van der Waals surface area contributed by atoms with E-state index in [1.807, 2.05) is 0 Å². The van der Waals surface area contributed by atoms with Gasteiger partial charge in [-0.25, -0.2) is 14.4 Å². The minimum atomic E-state index is -1.04. The standard InChI is InChI=1S/C25H20FN7O5/c26-20-13(16-8-9-27-12-28-16)3-1-4-14(20)22-30-19(38-31-22)11-32-10-2-5-15-21(32)25(37)33(24(15)36)17-6-7-18(34)29-23(17)35/h1,3-4,8-9,12,17H,2,5-7,10-11H2,(H,29,34,35). The highest BCUT2D eigenvalue weighted by Gasteiger charge is 2.48. The van der Waals surface area contributed by atoms with E-state index in [0.29, 0.717) is 30.7 Å². The molecule has 3 aromatic rings. The maximum Gasteiger partial charge on any atom is 0.278 e. The van der Waals surface area contributed by atoms with E-state index < -0.39 is 35.5 Å². The number of hydrogen-bond acceptors (Lipinski definition) is 10. The number of aromatic nitrogens is 4. The third-order valence-electron chi connectivity index (χ3n) is 6.77. The Hall–Kier alpha value is -4.81. The molecular formula is C25H20FN7O5. The SMILES string of the molecule is O=C1CCC(N2C(=O)C3=C(C2=O)N(Cc2nc(-c4cccc(-c5ccncn5)c4F)no2)CCC3)C(=O)N1. The Kier molecular flexibility index (Phi) is 5.74. The molecule has 2 aromatic heterocycles. The molecule has 192 valence electrons. The molecule has 0 bridgehead atoms. The monoisotopic (exact) mass is 517 g/mol. The summed E-state index contributed by atoms with van der Waals surface area (Å²) in [6, 6.07) is 5.30. The van der Waals surface area contributed by atoms with Gasteiger partial charge in [-0.3, -0.25) is 29.4 Å². The van der Waals surface area contributed by atoms with Crippen molar-refractivity contribution in [2.45, 2.75) is 38.3 Å². The van der Waals surface area contributed by atoms with E-state index >= 15 is 4.39 Å². The van der Waals surface area contributed by atoms with Crippen molar-refractivity contribution in [3.8, 4) is 22.6 Å². The van der Waals surface area contributed by atoms with E-state index in [4.69, 9.17) is 4.52 Å². The van der Waals surface area contributed by atoms with Crippen LogP contribution in [-0.2, 0) is 25.7 Å². The fraction of sp³-hybridized carbons (Fsp3) is 0.280. The van der Waals surface area contributed by atoms with Crippen LogP contribution in [0.3, 0.4) is 0 Å². The second-order valence-corrected chi connectivity index (χ2v) is 9.07. The number of rotatable bonds is 5. The van der Waals surface area contributed by atoms with Crippen molar-refractivity contribution in [2.24, 2.45) is 0 Å². The zero-order valence-electron chi connectivity index (χ0n) is 19.9. The first-order valence-electron chi connectivity index (χ1n) is 12.0. The summed E-state index contributed by atoms with van der Waals surface area (Å²) in [6.07, 6.45) is 3.94. The van der Waals surface area contributed by atoms with Gasteiger partial charge in [-0.15, -0.1) is 0 Å². The number of nitrogens with zero attached hydrogens (tertiary/aromatic N) is 6. The lowest BCUT2D eigenvalue weighted by Gasteiger charge is -2.29. The van der Waals surface area contributed by atoms with Gasteiger partial charge >= 0.3 is 0 Å². The molecule has 13 heteroatoms. The molecule has 1 aromatic carbocycles. The Morgan fingerprint density at radius 1 is 1.08 bits per heavy atom. The van der Waals surface area contributed by atoms with Crippen LogP contribution in [0.2, 0.25) is 0 Å². The van der Waals surface area contributed by atoms with Crippen molar-refractivity contribution in [2.75, 3.05) is 6.54 Å². The zero-order chi connectivity index (χ0) is 26.4. The van der Waals surface area contributed by atoms with Crippen LogP contribution >= 0.6 is 0 Å². The molecule has 0 aliphatic carbocycles. The van der Waals surface area contributed by atoms with Gasteiger partial charge in [0.2, 0.25) is 23.5 Å². The Labute approximate surface area is 214 Å². The molecule has 6 rings (SSSR count). The van der Waals surface area contributed by atoms with Crippen LogP contribution in [0.25, 0.3) is 22.6 Å². The highest BCUT2D eigenvalue weighted by Crippen LogP contribution is 2.35. The zero-order valence-corrected chi connectivity index (χ0v) is 19.9. The van der Waals surface area contributed by atoms with Crippen LogP contribution in [0.4, 0.5) is 4.39 Å². The molecule has 5 heterocycles. The summed E-state index contributed by atoms with van der Waals surface area (Å²) in [5.41, 5.74) is 1.27. The Morgan fingerprint density at radius 2 is 1.92 bits per heavy atom. The van der Waals surface area contributed by atoms with Gasteiger partial charge in [0, 0.05) is 30.3 Å². The lowest BCUT2D eigenvalue weighted by molar-refractivity contribution is -0.150. The third kappa shape index (κ3) is 3.92. The molecule has 1 unspecified atom stereocenters. The van der Waals surface area contributed by atoms with E-state index in [1.165, 1.54) is 18.6 Å². The minimum absolute atomic E-state index is 0.0151. The summed E-state index contributed by atoms with van der Waals surface area (Å²) in [5.74, 6) is -2.64. The fourth-order valence-electron chi connectivity index (χ4n) is 5.01. The molecule has 12 nitrogen and oxygen atoms in total. The van der Waals surface area contributed by atoms with Crippen LogP contribution in [-0.4, -0.2) is 66.1 Å². The number of halogens is 1. The summed E-state index contributed by atoms with van der Waals surface area (Å²) in [4.78, 5) is 65.2. The first-order chi connectivity index (χ1) is 18.4. The van der Waals surface area contributed by atoms with Crippen molar-refractivity contribution in [1.29, 1.82) is 0 Å². The number of piperidine rings is 1. The second kappa shape index (κ2) is 9.25. The van der Waals surface area contributed by atoms with Gasteiger partial charge in [-0.1, -0.05) is 11.2 Å². The lowest BCUT2D eigenvalue weighted by Crippen LogP contribution is -2.55. The number of nitrogens with one attached hydrogen (secondary N) is 1. The summed E-state index contributed by atoms with van der Waals surface area (Å²) >= 11 is 0. The molecule has 1 atom stereocenters. The van der Waals surface area contributed by atoms with Gasteiger partial charge in [0.1, 0.15) is 23.9 Å². The quantitative estimate of drug-likeness (QED) is 0.491. The summed E-state index contributed by atoms with van der Waals surface area (Å²) < 4.78 is 20.7. The predicted octanol–water partition coefficient (Wildman–Crippen LogP) is 1.36. The van der Waals surface area contributed by atoms with Gasteiger partial charge in [0.15, 0.2) is 0 Å². The summed E-state index contributed by atoms with van der Waals surface area (Å²) in [5, 5.41) is 6.11. The summed E-state index contributed by atoms with van der Waals surface area (Å²) in [7, 11) is 0. The average molecular weight is 517 g/mol. The van der Waals surface area contributed by atoms with Gasteiger partial charge < -0.3 is 9.42 Å². The average Bonchev–Trinajstić information content (AvgIpc) is 3.48. The third-order valence-corrected chi connectivity index (χ3v) is 6.77. The topological polar surface area (TPSA) is 151 Å². The molecule has 0 spiro atoms. The molecule has 1 N–H and O–H groups in total. The highest BCUT2D eigenvalue weighted by molar-refractivity contribution is 6.21. The molecule has 1 fully saturated rings. The van der Waals surface area contributed by atoms with Gasteiger partial charge in [-0.05, 0) is 37.5 Å². The van der Waals surface area contributed by atoms with Crippen molar-refractivity contribution >= 4 is 23.6 Å². The van der Waals surface area contributed by atoms with Crippen molar-refractivity contribution < 1.29 is 28.1 Å². The number of imide groups is 2. The van der Waals surface area contributed by atoms with Crippen LogP contribution < -0.4 is 5.32 Å². The Morgan fingerprint density at radius 3 is 2.71 bits per heavy atom. The van der Waals surface area contributed by atoms with Crippen LogP contribution in [0.5, 0.6) is 0 Å². The number of benzene rings is 1. The lowest BCUT2D eigenvalue weighted by atomic mass is 10.0. The maximum atomic E-state index is 15.3. The Balaban J connectivity index is 1.24. The van der Waals surface area contributed by atoms with Crippen molar-refractivity contribution in [3.05, 3.63) is 59.8 Å². The van der Waals surface area contributed by atoms with Gasteiger partial charge in [0.05, 0.1) is 17.8 Å². The van der Waals surface area contributed by atoms with E-state index in [1.54, 1.807) is 23.1 Å². The normalized spacial score (nSPS) is 19.8. The number of carbonyl (C=O) groups is 4. The maximum absolute atomic E-state index is 15.3. The molecule has 0 saturated carbocycles. The smallest absolute Gasteiger partial charge is 0.278 e. The highest BCUT2D eigenvalue weighted by atomic mass is 19.1. The predicted molar refractivity (Wildman–Crippen MR) is 125 cm³/mol. The van der Waals surface area contributed by atoms with Gasteiger partial charge in [-0.2, -0.15) is 4.98 Å². The van der Waals surface area contributed by atoms with Crippen molar-refractivity contribution in [3.63, 3.8) is 0 Å². The molecular weight excluding hydrogens is 497 g/mol. The Bertz CT molecular complexity index is 1520. The second-order valence-electron chi connectivity index (χ2n) is 9.07. The van der Waals surface area contributed by atoms with Crippen LogP contribution in [0.15, 0.2) is 52.6 Å². The minimum Gasteiger partial charge on any atom is -0.357 e. The molecule has 38 heavy (non-hydrogen) atoms. The van der Waals surface area contributed by atoms with E-state index in [9.17, 15) is 19.2 Å². The van der Waals surface area contributed by atoms with Crippen molar-refractivity contribution in [1.82, 2.24) is 35.2 Å². The first kappa shape index (κ1) is 23.6. The first-order valence-corrected chi connectivity index (χ1v) is 12.0. The van der Waals surface area contributed by atoms with E-state index in [-0.39, 0.29) is 47.9 Å². The van der Waals surface area contributed by atoms with Crippen LogP contribution in [0.1, 0.15) is 31.6 Å². The van der Waals surface area contributed by atoms with E-state index in [2.05, 4.69) is 25.4 Å².